The van der Waals surface area contributed by atoms with Crippen molar-refractivity contribution in [3.05, 3.63) is 58.9 Å². The number of aromatic nitrogens is 1. The van der Waals surface area contributed by atoms with Gasteiger partial charge in [0.25, 0.3) is 0 Å². The van der Waals surface area contributed by atoms with Crippen LogP contribution in [0.4, 0.5) is 5.69 Å². The predicted molar refractivity (Wildman–Crippen MR) is 104 cm³/mol. The number of carbonyl (C=O) groups excluding carboxylic acids is 1. The van der Waals surface area contributed by atoms with Gasteiger partial charge in [0, 0.05) is 37.3 Å². The van der Waals surface area contributed by atoms with Crippen molar-refractivity contribution < 1.29 is 4.79 Å². The van der Waals surface area contributed by atoms with Crippen LogP contribution in [0, 0.1) is 0 Å². The summed E-state index contributed by atoms with van der Waals surface area (Å²) in [6, 6.07) is 11.6. The molecule has 3 rings (SSSR count). The number of para-hydroxylation sites is 1. The van der Waals surface area contributed by atoms with Gasteiger partial charge in [-0.15, -0.1) is 0 Å². The zero-order valence-electron chi connectivity index (χ0n) is 14.6. The van der Waals surface area contributed by atoms with Crippen LogP contribution in [-0.4, -0.2) is 29.9 Å². The number of pyridine rings is 1. The topological polar surface area (TPSA) is 78.4 Å². The van der Waals surface area contributed by atoms with Gasteiger partial charge in [-0.2, -0.15) is 0 Å². The summed E-state index contributed by atoms with van der Waals surface area (Å²) in [4.78, 5) is 20.6. The Labute approximate surface area is 158 Å². The second-order valence-electron chi connectivity index (χ2n) is 6.10. The molecule has 7 heteroatoms. The van der Waals surface area contributed by atoms with Crippen LogP contribution < -0.4 is 16.0 Å². The summed E-state index contributed by atoms with van der Waals surface area (Å²) in [6.45, 7) is 3.91. The van der Waals surface area contributed by atoms with Crippen LogP contribution in [0.2, 0.25) is 5.15 Å². The zero-order chi connectivity index (χ0) is 18.4. The quantitative estimate of drug-likeness (QED) is 0.429. The highest BCUT2D eigenvalue weighted by molar-refractivity contribution is 6.29. The van der Waals surface area contributed by atoms with Crippen molar-refractivity contribution in [1.82, 2.24) is 15.6 Å². The summed E-state index contributed by atoms with van der Waals surface area (Å²) >= 11 is 5.81. The van der Waals surface area contributed by atoms with Crippen molar-refractivity contribution in [2.24, 2.45) is 4.99 Å². The zero-order valence-corrected chi connectivity index (χ0v) is 15.4. The smallest absolute Gasteiger partial charge is 0.225 e. The van der Waals surface area contributed by atoms with E-state index >= 15 is 0 Å². The van der Waals surface area contributed by atoms with Gasteiger partial charge in [0.05, 0.1) is 6.54 Å². The molecule has 0 bridgehead atoms. The Bertz CT molecular complexity index is 791. The molecule has 2 heterocycles. The van der Waals surface area contributed by atoms with E-state index in [0.717, 1.165) is 23.4 Å². The van der Waals surface area contributed by atoms with Crippen molar-refractivity contribution in [2.75, 3.05) is 18.4 Å². The minimum Gasteiger partial charge on any atom is -0.357 e. The van der Waals surface area contributed by atoms with Crippen molar-refractivity contribution in [2.45, 2.75) is 25.8 Å². The fourth-order valence-electron chi connectivity index (χ4n) is 2.92. The van der Waals surface area contributed by atoms with E-state index in [1.165, 1.54) is 0 Å². The van der Waals surface area contributed by atoms with E-state index in [0.29, 0.717) is 30.6 Å². The second kappa shape index (κ2) is 8.67. The number of guanidine groups is 1. The van der Waals surface area contributed by atoms with Crippen molar-refractivity contribution >= 4 is 29.2 Å². The third-order valence-electron chi connectivity index (χ3n) is 4.18. The Morgan fingerprint density at radius 2 is 2.15 bits per heavy atom. The van der Waals surface area contributed by atoms with E-state index in [1.807, 2.05) is 31.2 Å². The van der Waals surface area contributed by atoms with Crippen LogP contribution in [0.3, 0.4) is 0 Å². The van der Waals surface area contributed by atoms with Gasteiger partial charge in [-0.1, -0.05) is 35.9 Å². The lowest BCUT2D eigenvalue weighted by Crippen LogP contribution is -2.40. The molecule has 0 spiro atoms. The summed E-state index contributed by atoms with van der Waals surface area (Å²) in [5, 5.41) is 9.97. The number of hydrogen-bond donors (Lipinski definition) is 3. The molecule has 1 amide bonds. The minimum absolute atomic E-state index is 0.0460. The maximum Gasteiger partial charge on any atom is 0.225 e. The first-order chi connectivity index (χ1) is 12.7. The minimum atomic E-state index is 0.0460. The van der Waals surface area contributed by atoms with E-state index < -0.39 is 0 Å². The standard InChI is InChI=1S/C19H22ClN5O/c1-2-21-19(23-11-13-7-8-17(20)22-10-13)24-12-14-9-18(26)25-16-6-4-3-5-15(14)16/h3-8,10,14H,2,9,11-12H2,1H3,(H,25,26)(H2,21,23,24). The van der Waals surface area contributed by atoms with Gasteiger partial charge in [-0.25, -0.2) is 9.98 Å². The van der Waals surface area contributed by atoms with Gasteiger partial charge in [-0.3, -0.25) is 4.79 Å². The predicted octanol–water partition coefficient (Wildman–Crippen LogP) is 2.92. The number of halogens is 1. The number of rotatable bonds is 5. The second-order valence-corrected chi connectivity index (χ2v) is 6.49. The van der Waals surface area contributed by atoms with E-state index in [4.69, 9.17) is 11.6 Å². The lowest BCUT2D eigenvalue weighted by molar-refractivity contribution is -0.116. The number of nitrogens with zero attached hydrogens (tertiary/aromatic N) is 2. The highest BCUT2D eigenvalue weighted by Gasteiger charge is 2.24. The fourth-order valence-corrected chi connectivity index (χ4v) is 3.03. The van der Waals surface area contributed by atoms with Crippen molar-refractivity contribution in [3.63, 3.8) is 0 Å². The van der Waals surface area contributed by atoms with Gasteiger partial charge < -0.3 is 16.0 Å². The van der Waals surface area contributed by atoms with Crippen molar-refractivity contribution in [3.8, 4) is 0 Å². The molecule has 6 nitrogen and oxygen atoms in total. The largest absolute Gasteiger partial charge is 0.357 e. The molecule has 136 valence electrons. The molecule has 1 aromatic heterocycles. The summed E-state index contributed by atoms with van der Waals surface area (Å²) in [7, 11) is 0. The Morgan fingerprint density at radius 3 is 2.92 bits per heavy atom. The Hall–Kier alpha value is -2.60. The number of amides is 1. The number of benzene rings is 1. The maximum atomic E-state index is 11.9. The molecule has 1 unspecified atom stereocenters. The molecular formula is C19H22ClN5O. The molecule has 0 saturated carbocycles. The molecule has 26 heavy (non-hydrogen) atoms. The average molecular weight is 372 g/mol. The van der Waals surface area contributed by atoms with Crippen LogP contribution in [0.1, 0.15) is 30.4 Å². The summed E-state index contributed by atoms with van der Waals surface area (Å²) in [5.74, 6) is 0.872. The molecule has 1 aliphatic heterocycles. The van der Waals surface area contributed by atoms with Gasteiger partial charge in [0.2, 0.25) is 5.91 Å². The lowest BCUT2D eigenvalue weighted by Gasteiger charge is -2.26. The first-order valence-corrected chi connectivity index (χ1v) is 9.05. The van der Waals surface area contributed by atoms with Crippen LogP contribution in [0.5, 0.6) is 0 Å². The average Bonchev–Trinajstić information content (AvgIpc) is 2.65. The highest BCUT2D eigenvalue weighted by atomic mass is 35.5. The van der Waals surface area contributed by atoms with Gasteiger partial charge in [0.15, 0.2) is 5.96 Å². The molecule has 0 saturated heterocycles. The third kappa shape index (κ3) is 4.73. The third-order valence-corrected chi connectivity index (χ3v) is 4.40. The Morgan fingerprint density at radius 1 is 1.31 bits per heavy atom. The number of anilines is 1. The monoisotopic (exact) mass is 371 g/mol. The molecule has 0 aliphatic carbocycles. The fraction of sp³-hybridized carbons (Fsp3) is 0.316. The van der Waals surface area contributed by atoms with E-state index in [9.17, 15) is 4.79 Å². The molecule has 0 radical (unpaired) electrons. The normalized spacial score (nSPS) is 16.6. The van der Waals surface area contributed by atoms with Gasteiger partial charge in [-0.05, 0) is 30.2 Å². The van der Waals surface area contributed by atoms with Crippen LogP contribution in [-0.2, 0) is 11.3 Å². The number of carbonyl (C=O) groups is 1. The molecular weight excluding hydrogens is 350 g/mol. The van der Waals surface area contributed by atoms with Crippen LogP contribution in [0.15, 0.2) is 47.6 Å². The maximum absolute atomic E-state index is 11.9. The number of fused-ring (bicyclic) bond motifs is 1. The van der Waals surface area contributed by atoms with E-state index in [-0.39, 0.29) is 11.8 Å². The Balaban J connectivity index is 1.66. The first kappa shape index (κ1) is 18.2. The SMILES string of the molecule is CCNC(=NCc1ccc(Cl)nc1)NCC1CC(=O)Nc2ccccc21. The Kier molecular flexibility index (Phi) is 6.07. The van der Waals surface area contributed by atoms with Crippen LogP contribution in [0.25, 0.3) is 0 Å². The number of nitrogens with one attached hydrogen (secondary N) is 3. The molecule has 1 aliphatic rings. The summed E-state index contributed by atoms with van der Waals surface area (Å²) in [6.07, 6.45) is 2.18. The van der Waals surface area contributed by atoms with Crippen LogP contribution >= 0.6 is 11.6 Å². The molecule has 0 fully saturated rings. The van der Waals surface area contributed by atoms with Gasteiger partial charge in [0.1, 0.15) is 5.15 Å². The molecule has 1 atom stereocenters. The number of hydrogen-bond acceptors (Lipinski definition) is 3. The lowest BCUT2D eigenvalue weighted by atomic mass is 9.90. The van der Waals surface area contributed by atoms with Crippen molar-refractivity contribution in [1.29, 1.82) is 0 Å². The molecule has 2 aromatic rings. The van der Waals surface area contributed by atoms with Gasteiger partial charge >= 0.3 is 0 Å². The van der Waals surface area contributed by atoms with E-state index in [1.54, 1.807) is 12.3 Å². The summed E-state index contributed by atoms with van der Waals surface area (Å²) < 4.78 is 0. The molecule has 3 N–H and O–H groups in total. The summed E-state index contributed by atoms with van der Waals surface area (Å²) in [5.41, 5.74) is 3.02. The highest BCUT2D eigenvalue weighted by Crippen LogP contribution is 2.31. The molecule has 1 aromatic carbocycles. The number of aliphatic imine (C=N–C) groups is 1. The first-order valence-electron chi connectivity index (χ1n) is 8.67. The van der Waals surface area contributed by atoms with E-state index in [2.05, 4.69) is 32.0 Å².